The highest BCUT2D eigenvalue weighted by atomic mass is 35.5. The minimum atomic E-state index is -0.217. The lowest BCUT2D eigenvalue weighted by molar-refractivity contribution is 0.130. The highest BCUT2D eigenvalue weighted by Gasteiger charge is 2.32. The van der Waals surface area contributed by atoms with Gasteiger partial charge < -0.3 is 9.67 Å². The molecule has 1 N–H and O–H groups in total. The molecule has 1 fully saturated rings. The van der Waals surface area contributed by atoms with E-state index >= 15 is 0 Å². The van der Waals surface area contributed by atoms with E-state index in [1.54, 1.807) is 0 Å². The number of hydrogen-bond donors (Lipinski definition) is 1. The molecule has 1 unspecified atom stereocenters. The monoisotopic (exact) mass is 212 g/mol. The van der Waals surface area contributed by atoms with Crippen molar-refractivity contribution in [3.8, 4) is 0 Å². The first-order valence-electron chi connectivity index (χ1n) is 5.18. The van der Waals surface area contributed by atoms with Gasteiger partial charge in [0, 0.05) is 5.92 Å². The second kappa shape index (κ2) is 2.97. The molecular formula is C10H13ClN2O. The minimum Gasteiger partial charge on any atom is -0.391 e. The first-order chi connectivity index (χ1) is 6.75. The Morgan fingerprint density at radius 2 is 2.14 bits per heavy atom. The van der Waals surface area contributed by atoms with E-state index in [9.17, 15) is 5.11 Å². The van der Waals surface area contributed by atoms with Crippen LogP contribution < -0.4 is 0 Å². The second-order valence-electron chi connectivity index (χ2n) is 4.28. The first-order valence-corrected chi connectivity index (χ1v) is 5.56. The summed E-state index contributed by atoms with van der Waals surface area (Å²) in [6.45, 7) is 0.681. The number of hydrogen-bond acceptors (Lipinski definition) is 2. The fourth-order valence-corrected chi connectivity index (χ4v) is 2.46. The van der Waals surface area contributed by atoms with Gasteiger partial charge >= 0.3 is 0 Å². The van der Waals surface area contributed by atoms with Gasteiger partial charge in [-0.3, -0.25) is 0 Å². The molecule has 4 heteroatoms. The van der Waals surface area contributed by atoms with Crippen molar-refractivity contribution in [3.63, 3.8) is 0 Å². The molecule has 2 heterocycles. The minimum absolute atomic E-state index is 0.217. The topological polar surface area (TPSA) is 38.1 Å². The summed E-state index contributed by atoms with van der Waals surface area (Å²) in [5.41, 5.74) is 1.12. The van der Waals surface area contributed by atoms with Crippen molar-refractivity contribution in [2.24, 2.45) is 0 Å². The van der Waals surface area contributed by atoms with Gasteiger partial charge in [-0.05, 0) is 25.7 Å². The molecule has 1 aromatic heterocycles. The number of fused-ring (bicyclic) bond motifs is 1. The lowest BCUT2D eigenvalue weighted by atomic mass is 10.1. The van der Waals surface area contributed by atoms with Gasteiger partial charge in [-0.15, -0.1) is 0 Å². The van der Waals surface area contributed by atoms with Crippen molar-refractivity contribution in [2.45, 2.75) is 44.2 Å². The van der Waals surface area contributed by atoms with Crippen LogP contribution in [-0.4, -0.2) is 20.8 Å². The second-order valence-corrected chi connectivity index (χ2v) is 4.64. The Labute approximate surface area is 87.7 Å². The SMILES string of the molecule is OC1CCc2c(Cl)nc(C3CC3)n2C1. The van der Waals surface area contributed by atoms with Crippen LogP contribution in [0.25, 0.3) is 0 Å². The molecule has 1 aromatic rings. The van der Waals surface area contributed by atoms with Gasteiger partial charge in [0.05, 0.1) is 18.3 Å². The molecule has 0 bridgehead atoms. The Balaban J connectivity index is 2.05. The van der Waals surface area contributed by atoms with Crippen molar-refractivity contribution in [2.75, 3.05) is 0 Å². The smallest absolute Gasteiger partial charge is 0.150 e. The lowest BCUT2D eigenvalue weighted by Crippen LogP contribution is -2.25. The van der Waals surface area contributed by atoms with Crippen LogP contribution in [0, 0.1) is 0 Å². The predicted molar refractivity (Wildman–Crippen MR) is 53.5 cm³/mol. The summed E-state index contributed by atoms with van der Waals surface area (Å²) in [6, 6.07) is 0. The zero-order chi connectivity index (χ0) is 9.71. The number of nitrogens with zero attached hydrogens (tertiary/aromatic N) is 2. The molecule has 0 aromatic carbocycles. The quantitative estimate of drug-likeness (QED) is 0.770. The summed E-state index contributed by atoms with van der Waals surface area (Å²) < 4.78 is 2.13. The van der Waals surface area contributed by atoms with Crippen molar-refractivity contribution in [1.82, 2.24) is 9.55 Å². The third kappa shape index (κ3) is 1.27. The van der Waals surface area contributed by atoms with Crippen molar-refractivity contribution >= 4 is 11.6 Å². The standard InChI is InChI=1S/C10H13ClN2O/c11-9-8-4-3-7(14)5-13(8)10(12-9)6-1-2-6/h6-7,14H,1-5H2. The van der Waals surface area contributed by atoms with E-state index in [-0.39, 0.29) is 6.10 Å². The van der Waals surface area contributed by atoms with E-state index in [1.165, 1.54) is 12.8 Å². The largest absolute Gasteiger partial charge is 0.391 e. The average molecular weight is 213 g/mol. The van der Waals surface area contributed by atoms with E-state index < -0.39 is 0 Å². The fraction of sp³-hybridized carbons (Fsp3) is 0.700. The van der Waals surface area contributed by atoms with Crippen LogP contribution in [0.5, 0.6) is 0 Å². The van der Waals surface area contributed by atoms with Gasteiger partial charge in [0.15, 0.2) is 5.15 Å². The summed E-state index contributed by atoms with van der Waals surface area (Å²) in [4.78, 5) is 4.41. The summed E-state index contributed by atoms with van der Waals surface area (Å²) >= 11 is 6.07. The Bertz CT molecular complexity index is 370. The Morgan fingerprint density at radius 3 is 2.86 bits per heavy atom. The van der Waals surface area contributed by atoms with E-state index in [1.807, 2.05) is 0 Å². The van der Waals surface area contributed by atoms with Crippen LogP contribution in [-0.2, 0) is 13.0 Å². The van der Waals surface area contributed by atoms with Gasteiger partial charge in [0.2, 0.25) is 0 Å². The van der Waals surface area contributed by atoms with Crippen LogP contribution in [0.1, 0.15) is 36.7 Å². The Kier molecular flexibility index (Phi) is 1.86. The average Bonchev–Trinajstić information content (AvgIpc) is 2.93. The normalized spacial score (nSPS) is 26.3. The maximum atomic E-state index is 9.60. The molecule has 76 valence electrons. The van der Waals surface area contributed by atoms with Crippen molar-refractivity contribution in [3.05, 3.63) is 16.7 Å². The van der Waals surface area contributed by atoms with Gasteiger partial charge in [-0.1, -0.05) is 11.6 Å². The number of aliphatic hydroxyl groups excluding tert-OH is 1. The summed E-state index contributed by atoms with van der Waals surface area (Å²) in [5.74, 6) is 1.70. The number of aliphatic hydroxyl groups is 1. The van der Waals surface area contributed by atoms with Crippen LogP contribution in [0.2, 0.25) is 5.15 Å². The third-order valence-corrected chi connectivity index (χ3v) is 3.41. The van der Waals surface area contributed by atoms with Gasteiger partial charge in [-0.25, -0.2) is 4.98 Å². The molecule has 1 aliphatic carbocycles. The highest BCUT2D eigenvalue weighted by Crippen LogP contribution is 2.41. The number of imidazole rings is 1. The maximum absolute atomic E-state index is 9.60. The zero-order valence-corrected chi connectivity index (χ0v) is 8.67. The van der Waals surface area contributed by atoms with Gasteiger partial charge in [0.1, 0.15) is 5.82 Å². The van der Waals surface area contributed by atoms with E-state index in [2.05, 4.69) is 9.55 Å². The third-order valence-electron chi connectivity index (χ3n) is 3.10. The molecule has 1 atom stereocenters. The Morgan fingerprint density at radius 1 is 1.36 bits per heavy atom. The first kappa shape index (κ1) is 8.74. The van der Waals surface area contributed by atoms with Crippen molar-refractivity contribution < 1.29 is 5.11 Å². The van der Waals surface area contributed by atoms with Gasteiger partial charge in [0.25, 0.3) is 0 Å². The number of rotatable bonds is 1. The molecular weight excluding hydrogens is 200 g/mol. The van der Waals surface area contributed by atoms with E-state index in [0.29, 0.717) is 17.6 Å². The summed E-state index contributed by atoms with van der Waals surface area (Å²) in [6.07, 6.45) is 3.91. The van der Waals surface area contributed by atoms with Crippen LogP contribution in [0.4, 0.5) is 0 Å². The van der Waals surface area contributed by atoms with Crippen LogP contribution >= 0.6 is 11.6 Å². The lowest BCUT2D eigenvalue weighted by Gasteiger charge is -2.21. The molecule has 1 saturated carbocycles. The molecule has 1 aliphatic heterocycles. The summed E-state index contributed by atoms with van der Waals surface area (Å²) in [5, 5.41) is 10.3. The fourth-order valence-electron chi connectivity index (χ4n) is 2.18. The summed E-state index contributed by atoms with van der Waals surface area (Å²) in [7, 11) is 0. The zero-order valence-electron chi connectivity index (χ0n) is 7.91. The molecule has 0 amide bonds. The molecule has 0 saturated heterocycles. The van der Waals surface area contributed by atoms with Crippen molar-refractivity contribution in [1.29, 1.82) is 0 Å². The van der Waals surface area contributed by atoms with Crippen LogP contribution in [0.15, 0.2) is 0 Å². The highest BCUT2D eigenvalue weighted by molar-refractivity contribution is 6.30. The van der Waals surface area contributed by atoms with Crippen LogP contribution in [0.3, 0.4) is 0 Å². The molecule has 2 aliphatic rings. The predicted octanol–water partition coefficient (Wildman–Crippen LogP) is 1.72. The maximum Gasteiger partial charge on any atom is 0.150 e. The molecule has 3 nitrogen and oxygen atoms in total. The number of halogens is 1. The molecule has 0 spiro atoms. The van der Waals surface area contributed by atoms with E-state index in [0.717, 1.165) is 24.4 Å². The molecule has 3 rings (SSSR count). The molecule has 0 radical (unpaired) electrons. The molecule has 14 heavy (non-hydrogen) atoms. The van der Waals surface area contributed by atoms with E-state index in [4.69, 9.17) is 11.6 Å². The Hall–Kier alpha value is -0.540. The van der Waals surface area contributed by atoms with Gasteiger partial charge in [-0.2, -0.15) is 0 Å². The number of aromatic nitrogens is 2.